The Bertz CT molecular complexity index is 437. The molecular weight excluding hydrogens is 216 g/mol. The molecule has 0 aliphatic carbocycles. The fourth-order valence-electron chi connectivity index (χ4n) is 1.60. The van der Waals surface area contributed by atoms with Gasteiger partial charge in [-0.25, -0.2) is 0 Å². The van der Waals surface area contributed by atoms with Crippen LogP contribution < -0.4 is 5.32 Å². The smallest absolute Gasteiger partial charge is 0.0303 e. The van der Waals surface area contributed by atoms with Crippen LogP contribution in [0.1, 0.15) is 29.7 Å². The Kier molecular flexibility index (Phi) is 3.70. The number of aryl methyl sites for hydroxylation is 1. The summed E-state index contributed by atoms with van der Waals surface area (Å²) in [6.07, 6.45) is 3.76. The molecule has 2 aromatic heterocycles. The van der Waals surface area contributed by atoms with E-state index in [1.54, 1.807) is 11.3 Å². The van der Waals surface area contributed by atoms with Gasteiger partial charge >= 0.3 is 0 Å². The highest BCUT2D eigenvalue weighted by atomic mass is 32.1. The molecule has 0 spiro atoms. The van der Waals surface area contributed by atoms with Gasteiger partial charge in [-0.15, -0.1) is 0 Å². The summed E-state index contributed by atoms with van der Waals surface area (Å²) in [4.78, 5) is 4.10. The Morgan fingerprint density at radius 2 is 2.31 bits per heavy atom. The molecule has 2 rings (SSSR count). The molecule has 1 unspecified atom stereocenters. The second-order valence-electron chi connectivity index (χ2n) is 3.96. The van der Waals surface area contributed by atoms with Gasteiger partial charge in [0.1, 0.15) is 0 Å². The second kappa shape index (κ2) is 5.23. The van der Waals surface area contributed by atoms with Crippen molar-refractivity contribution in [3.05, 3.63) is 52.0 Å². The van der Waals surface area contributed by atoms with Crippen LogP contribution in [0.5, 0.6) is 0 Å². The van der Waals surface area contributed by atoms with E-state index in [-0.39, 0.29) is 0 Å². The summed E-state index contributed by atoms with van der Waals surface area (Å²) in [6.45, 7) is 5.18. The van der Waals surface area contributed by atoms with Gasteiger partial charge in [0.15, 0.2) is 0 Å². The number of thiophene rings is 1. The molecule has 16 heavy (non-hydrogen) atoms. The maximum atomic E-state index is 4.10. The first-order valence-electron chi connectivity index (χ1n) is 5.42. The van der Waals surface area contributed by atoms with Gasteiger partial charge in [-0.05, 0) is 53.4 Å². The van der Waals surface area contributed by atoms with Gasteiger partial charge in [0.25, 0.3) is 0 Å². The monoisotopic (exact) mass is 232 g/mol. The second-order valence-corrected chi connectivity index (χ2v) is 4.74. The number of nitrogens with one attached hydrogen (secondary N) is 1. The first kappa shape index (κ1) is 11.3. The molecule has 0 aliphatic rings. The van der Waals surface area contributed by atoms with E-state index in [4.69, 9.17) is 0 Å². The van der Waals surface area contributed by atoms with Crippen molar-refractivity contribution in [1.29, 1.82) is 0 Å². The molecule has 0 amide bonds. The quantitative estimate of drug-likeness (QED) is 0.875. The van der Waals surface area contributed by atoms with E-state index < -0.39 is 0 Å². The minimum absolute atomic E-state index is 0.402. The van der Waals surface area contributed by atoms with Crippen LogP contribution in [-0.4, -0.2) is 4.98 Å². The summed E-state index contributed by atoms with van der Waals surface area (Å²) in [5.41, 5.74) is 3.92. The first-order valence-corrected chi connectivity index (χ1v) is 6.36. The largest absolute Gasteiger partial charge is 0.306 e. The Morgan fingerprint density at radius 1 is 1.44 bits per heavy atom. The predicted molar refractivity (Wildman–Crippen MR) is 68.5 cm³/mol. The molecule has 2 heterocycles. The number of nitrogens with zero attached hydrogens (tertiary/aromatic N) is 1. The molecule has 0 fully saturated rings. The van der Waals surface area contributed by atoms with Crippen LogP contribution in [0.2, 0.25) is 0 Å². The van der Waals surface area contributed by atoms with E-state index in [9.17, 15) is 0 Å². The summed E-state index contributed by atoms with van der Waals surface area (Å²) >= 11 is 1.74. The van der Waals surface area contributed by atoms with Crippen molar-refractivity contribution in [2.45, 2.75) is 26.4 Å². The van der Waals surface area contributed by atoms with Gasteiger partial charge < -0.3 is 5.32 Å². The molecule has 0 aromatic carbocycles. The first-order chi connectivity index (χ1) is 7.77. The van der Waals surface area contributed by atoms with Crippen LogP contribution >= 0.6 is 11.3 Å². The minimum Gasteiger partial charge on any atom is -0.306 e. The third kappa shape index (κ3) is 2.68. The SMILES string of the molecule is Cc1cnccc1CNC(C)c1ccsc1. The van der Waals surface area contributed by atoms with Crippen LogP contribution in [-0.2, 0) is 6.54 Å². The van der Waals surface area contributed by atoms with Crippen molar-refractivity contribution < 1.29 is 0 Å². The van der Waals surface area contributed by atoms with Crippen LogP contribution in [0.3, 0.4) is 0 Å². The molecule has 2 nitrogen and oxygen atoms in total. The lowest BCUT2D eigenvalue weighted by Gasteiger charge is -2.13. The zero-order valence-electron chi connectivity index (χ0n) is 9.60. The lowest BCUT2D eigenvalue weighted by Crippen LogP contribution is -2.18. The van der Waals surface area contributed by atoms with Crippen LogP contribution in [0.25, 0.3) is 0 Å². The molecule has 1 atom stereocenters. The third-order valence-corrected chi connectivity index (χ3v) is 3.48. The summed E-state index contributed by atoms with van der Waals surface area (Å²) < 4.78 is 0. The van der Waals surface area contributed by atoms with Crippen molar-refractivity contribution in [1.82, 2.24) is 10.3 Å². The molecule has 0 radical (unpaired) electrons. The lowest BCUT2D eigenvalue weighted by molar-refractivity contribution is 0.574. The summed E-state index contributed by atoms with van der Waals surface area (Å²) in [6, 6.07) is 4.64. The van der Waals surface area contributed by atoms with E-state index in [1.165, 1.54) is 16.7 Å². The highest BCUT2D eigenvalue weighted by molar-refractivity contribution is 7.07. The summed E-state index contributed by atoms with van der Waals surface area (Å²) in [7, 11) is 0. The van der Waals surface area contributed by atoms with E-state index in [0.717, 1.165) is 6.54 Å². The number of pyridine rings is 1. The van der Waals surface area contributed by atoms with Crippen LogP contribution in [0.4, 0.5) is 0 Å². The fraction of sp³-hybridized carbons (Fsp3) is 0.308. The Morgan fingerprint density at radius 3 is 3.00 bits per heavy atom. The summed E-state index contributed by atoms with van der Waals surface area (Å²) in [5.74, 6) is 0. The molecule has 2 aromatic rings. The van der Waals surface area contributed by atoms with Gasteiger partial charge in [-0.3, -0.25) is 4.98 Å². The van der Waals surface area contributed by atoms with Gasteiger partial charge in [0.05, 0.1) is 0 Å². The Hall–Kier alpha value is -1.19. The summed E-state index contributed by atoms with van der Waals surface area (Å²) in [5, 5.41) is 7.83. The zero-order valence-corrected chi connectivity index (χ0v) is 10.4. The third-order valence-electron chi connectivity index (χ3n) is 2.78. The maximum Gasteiger partial charge on any atom is 0.0303 e. The molecule has 0 bridgehead atoms. The minimum atomic E-state index is 0.402. The zero-order chi connectivity index (χ0) is 11.4. The molecule has 84 valence electrons. The van der Waals surface area contributed by atoms with Gasteiger partial charge in [0, 0.05) is 25.0 Å². The van der Waals surface area contributed by atoms with E-state index >= 15 is 0 Å². The van der Waals surface area contributed by atoms with Crippen molar-refractivity contribution in [2.75, 3.05) is 0 Å². The lowest BCUT2D eigenvalue weighted by atomic mass is 10.1. The number of hydrogen-bond donors (Lipinski definition) is 1. The van der Waals surface area contributed by atoms with Crippen LogP contribution in [0.15, 0.2) is 35.3 Å². The Labute approximate surface area is 100 Å². The molecule has 0 saturated heterocycles. The number of aromatic nitrogens is 1. The topological polar surface area (TPSA) is 24.9 Å². The fourth-order valence-corrected chi connectivity index (χ4v) is 2.36. The number of rotatable bonds is 4. The average Bonchev–Trinajstić information content (AvgIpc) is 2.81. The molecule has 1 N–H and O–H groups in total. The maximum absolute atomic E-state index is 4.10. The molecular formula is C13H16N2S. The molecule has 0 saturated carbocycles. The number of hydrogen-bond acceptors (Lipinski definition) is 3. The highest BCUT2D eigenvalue weighted by Gasteiger charge is 2.05. The van der Waals surface area contributed by atoms with Crippen molar-refractivity contribution in [2.24, 2.45) is 0 Å². The highest BCUT2D eigenvalue weighted by Crippen LogP contribution is 2.16. The normalized spacial score (nSPS) is 12.6. The van der Waals surface area contributed by atoms with Gasteiger partial charge in [0.2, 0.25) is 0 Å². The molecule has 0 aliphatic heterocycles. The van der Waals surface area contributed by atoms with E-state index in [0.29, 0.717) is 6.04 Å². The van der Waals surface area contributed by atoms with Crippen molar-refractivity contribution in [3.63, 3.8) is 0 Å². The van der Waals surface area contributed by atoms with E-state index in [1.807, 2.05) is 12.4 Å². The molecule has 3 heteroatoms. The van der Waals surface area contributed by atoms with Crippen molar-refractivity contribution >= 4 is 11.3 Å². The standard InChI is InChI=1S/C13H16N2S/c1-10-7-14-5-3-12(10)8-15-11(2)13-4-6-16-9-13/h3-7,9,11,15H,8H2,1-2H3. The van der Waals surface area contributed by atoms with Gasteiger partial charge in [-0.1, -0.05) is 0 Å². The predicted octanol–water partition coefficient (Wildman–Crippen LogP) is 3.30. The van der Waals surface area contributed by atoms with Crippen LogP contribution in [0, 0.1) is 6.92 Å². The van der Waals surface area contributed by atoms with Crippen molar-refractivity contribution in [3.8, 4) is 0 Å². The van der Waals surface area contributed by atoms with Gasteiger partial charge in [-0.2, -0.15) is 11.3 Å². The average molecular weight is 232 g/mol. The Balaban J connectivity index is 1.95. The van der Waals surface area contributed by atoms with E-state index in [2.05, 4.69) is 47.0 Å².